The smallest absolute Gasteiger partial charge is 0.0713 e. The minimum Gasteiger partial charge on any atom is -0.0984 e. The Hall–Kier alpha value is -7.28. The Labute approximate surface area is 366 Å². The molecule has 0 spiro atoms. The second kappa shape index (κ2) is 14.4. The Morgan fingerprint density at radius 3 is 1.89 bits per heavy atom. The molecule has 0 amide bonds. The zero-order valence-corrected chi connectivity index (χ0v) is 35.8. The molecule has 0 heteroatoms. The maximum absolute atomic E-state index is 4.12. The van der Waals surface area contributed by atoms with Gasteiger partial charge in [-0.05, 0) is 149 Å². The fourth-order valence-corrected chi connectivity index (χ4v) is 10.8. The lowest BCUT2D eigenvalue weighted by molar-refractivity contribution is 0.660. The van der Waals surface area contributed by atoms with Crippen molar-refractivity contribution >= 4 is 28.5 Å². The molecule has 0 radical (unpaired) electrons. The van der Waals surface area contributed by atoms with Gasteiger partial charge in [0.1, 0.15) is 0 Å². The van der Waals surface area contributed by atoms with E-state index >= 15 is 0 Å². The van der Waals surface area contributed by atoms with Crippen LogP contribution in [0.5, 0.6) is 0 Å². The van der Waals surface area contributed by atoms with E-state index in [0.29, 0.717) is 0 Å². The van der Waals surface area contributed by atoms with Gasteiger partial charge in [-0.15, -0.1) is 0 Å². The highest BCUT2D eigenvalue weighted by molar-refractivity contribution is 5.97. The number of benzene rings is 9. The number of allylic oxidation sites excluding steroid dienone is 1. The van der Waals surface area contributed by atoms with Gasteiger partial charge in [-0.3, -0.25) is 0 Å². The van der Waals surface area contributed by atoms with E-state index in [4.69, 9.17) is 0 Å². The van der Waals surface area contributed by atoms with Gasteiger partial charge in [0.05, 0.1) is 5.41 Å². The minimum atomic E-state index is -0.523. The molecule has 0 bridgehead atoms. The highest BCUT2D eigenvalue weighted by Gasteiger charge is 2.46. The number of hydrogen-bond donors (Lipinski definition) is 0. The van der Waals surface area contributed by atoms with Gasteiger partial charge in [0, 0.05) is 5.41 Å². The SMILES string of the molecule is C=Cc1cc(C)ccc1C=C(C)c1ccc2c(c1)C(c1ccccc1)(c1cccc(-c3ccc4cc(-c5cccc6c5-c5ccccc5C6(C)C)ccc4c3)c1)c1ccccc1-2. The van der Waals surface area contributed by atoms with Gasteiger partial charge >= 0.3 is 0 Å². The van der Waals surface area contributed by atoms with Crippen LogP contribution in [0.2, 0.25) is 0 Å². The summed E-state index contributed by atoms with van der Waals surface area (Å²) in [5, 5.41) is 2.48. The van der Waals surface area contributed by atoms with Crippen LogP contribution in [-0.2, 0) is 10.8 Å². The molecule has 0 saturated heterocycles. The van der Waals surface area contributed by atoms with Gasteiger partial charge in [0.2, 0.25) is 0 Å². The average Bonchev–Trinajstić information content (AvgIpc) is 3.75. The van der Waals surface area contributed by atoms with E-state index < -0.39 is 5.41 Å². The average molecular weight is 793 g/mol. The summed E-state index contributed by atoms with van der Waals surface area (Å²) in [6.45, 7) is 13.2. The van der Waals surface area contributed by atoms with Crippen molar-refractivity contribution in [3.63, 3.8) is 0 Å². The first kappa shape index (κ1) is 37.7. The Bertz CT molecular complexity index is 3300. The molecule has 2 aliphatic carbocycles. The molecule has 2 aliphatic rings. The summed E-state index contributed by atoms with van der Waals surface area (Å²) in [5.74, 6) is 0. The van der Waals surface area contributed by atoms with Crippen molar-refractivity contribution in [1.82, 2.24) is 0 Å². The Balaban J connectivity index is 1.03. The molecule has 296 valence electrons. The van der Waals surface area contributed by atoms with Gasteiger partial charge in [0.15, 0.2) is 0 Å². The molecule has 9 aromatic carbocycles. The second-order valence-corrected chi connectivity index (χ2v) is 17.8. The van der Waals surface area contributed by atoms with Crippen LogP contribution in [0.1, 0.15) is 76.4 Å². The van der Waals surface area contributed by atoms with Crippen LogP contribution in [0.4, 0.5) is 0 Å². The first-order chi connectivity index (χ1) is 30.2. The third-order valence-corrected chi connectivity index (χ3v) is 13.9. The number of hydrogen-bond acceptors (Lipinski definition) is 0. The largest absolute Gasteiger partial charge is 0.0984 e. The summed E-state index contributed by atoms with van der Waals surface area (Å²) >= 11 is 0. The van der Waals surface area contributed by atoms with Crippen LogP contribution in [0.15, 0.2) is 201 Å². The highest BCUT2D eigenvalue weighted by Crippen LogP contribution is 2.57. The van der Waals surface area contributed by atoms with E-state index in [1.165, 1.54) is 111 Å². The minimum absolute atomic E-state index is 0.0280. The zero-order valence-electron chi connectivity index (χ0n) is 35.8. The molecule has 1 atom stereocenters. The Morgan fingerprint density at radius 1 is 0.452 bits per heavy atom. The van der Waals surface area contributed by atoms with Gasteiger partial charge in [-0.25, -0.2) is 0 Å². The van der Waals surface area contributed by atoms with E-state index in [0.717, 1.165) is 5.56 Å². The second-order valence-electron chi connectivity index (χ2n) is 17.8. The first-order valence-electron chi connectivity index (χ1n) is 21.9. The standard InChI is InChI=1S/C62H48/c1-6-42-34-40(2)26-27-45(42)35-41(3)43-32-33-54-53-20-10-13-24-57(53)62(59(54)39-43,50-17-8-7-9-18-50)51-19-14-16-44(38-51)46-28-29-48-37-49(31-30-47(48)36-46)52-22-15-25-58-60(52)55-21-11-12-23-56(55)61(58,4)5/h6-39H,1H2,2-5H3. The summed E-state index contributed by atoms with van der Waals surface area (Å²) in [6, 6.07) is 72.9. The monoisotopic (exact) mass is 792 g/mol. The number of rotatable bonds is 7. The maximum Gasteiger partial charge on any atom is 0.0713 e. The summed E-state index contributed by atoms with van der Waals surface area (Å²) in [5.41, 5.74) is 23.7. The Morgan fingerprint density at radius 2 is 1.08 bits per heavy atom. The maximum atomic E-state index is 4.12. The molecular weight excluding hydrogens is 745 g/mol. The number of aryl methyl sites for hydroxylation is 1. The Kier molecular flexibility index (Phi) is 8.77. The van der Waals surface area contributed by atoms with Crippen molar-refractivity contribution < 1.29 is 0 Å². The summed E-state index contributed by atoms with van der Waals surface area (Å²) in [4.78, 5) is 0. The van der Waals surface area contributed by atoms with Crippen LogP contribution in [0, 0.1) is 6.92 Å². The molecular formula is C62H48. The van der Waals surface area contributed by atoms with Crippen molar-refractivity contribution in [2.75, 3.05) is 0 Å². The fourth-order valence-electron chi connectivity index (χ4n) is 10.8. The molecule has 62 heavy (non-hydrogen) atoms. The van der Waals surface area contributed by atoms with Gasteiger partial charge in [0.25, 0.3) is 0 Å². The summed E-state index contributed by atoms with van der Waals surface area (Å²) < 4.78 is 0. The van der Waals surface area contributed by atoms with E-state index in [1.807, 2.05) is 6.08 Å². The topological polar surface area (TPSA) is 0 Å². The van der Waals surface area contributed by atoms with Gasteiger partial charge in [-0.2, -0.15) is 0 Å². The zero-order chi connectivity index (χ0) is 42.2. The van der Waals surface area contributed by atoms with Crippen LogP contribution in [-0.4, -0.2) is 0 Å². The highest BCUT2D eigenvalue weighted by atomic mass is 14.5. The lowest BCUT2D eigenvalue weighted by Gasteiger charge is -2.34. The lowest BCUT2D eigenvalue weighted by atomic mass is 9.67. The van der Waals surface area contributed by atoms with Crippen molar-refractivity contribution in [2.24, 2.45) is 0 Å². The molecule has 0 saturated carbocycles. The van der Waals surface area contributed by atoms with Crippen molar-refractivity contribution in [2.45, 2.75) is 38.5 Å². The van der Waals surface area contributed by atoms with E-state index in [1.54, 1.807) is 0 Å². The van der Waals surface area contributed by atoms with Gasteiger partial charge in [-0.1, -0.05) is 208 Å². The van der Waals surface area contributed by atoms with Crippen LogP contribution >= 0.6 is 0 Å². The molecule has 0 N–H and O–H groups in total. The van der Waals surface area contributed by atoms with Crippen LogP contribution in [0.3, 0.4) is 0 Å². The van der Waals surface area contributed by atoms with E-state index in [2.05, 4.69) is 234 Å². The van der Waals surface area contributed by atoms with Crippen molar-refractivity contribution in [3.8, 4) is 44.5 Å². The third kappa shape index (κ3) is 5.74. The predicted molar refractivity (Wildman–Crippen MR) is 265 cm³/mol. The summed E-state index contributed by atoms with van der Waals surface area (Å²) in [7, 11) is 0. The molecule has 0 aromatic heterocycles. The lowest BCUT2D eigenvalue weighted by Crippen LogP contribution is -2.28. The molecule has 0 aliphatic heterocycles. The normalized spacial score (nSPS) is 15.8. The fraction of sp³-hybridized carbons (Fsp3) is 0.0968. The third-order valence-electron chi connectivity index (χ3n) is 13.9. The molecule has 1 unspecified atom stereocenters. The van der Waals surface area contributed by atoms with Crippen molar-refractivity contribution in [3.05, 3.63) is 256 Å². The van der Waals surface area contributed by atoms with Crippen LogP contribution < -0.4 is 0 Å². The van der Waals surface area contributed by atoms with Gasteiger partial charge < -0.3 is 0 Å². The summed E-state index contributed by atoms with van der Waals surface area (Å²) in [6.07, 6.45) is 4.26. The van der Waals surface area contributed by atoms with E-state index in [-0.39, 0.29) is 5.41 Å². The quantitative estimate of drug-likeness (QED) is 0.141. The van der Waals surface area contributed by atoms with Crippen LogP contribution in [0.25, 0.3) is 73.0 Å². The molecule has 11 rings (SSSR count). The van der Waals surface area contributed by atoms with E-state index in [9.17, 15) is 0 Å². The molecule has 9 aromatic rings. The molecule has 0 fully saturated rings. The number of fused-ring (bicyclic) bond motifs is 7. The molecule has 0 heterocycles. The predicted octanol–water partition coefficient (Wildman–Crippen LogP) is 16.4. The van der Waals surface area contributed by atoms with Crippen molar-refractivity contribution in [1.29, 1.82) is 0 Å². The molecule has 0 nitrogen and oxygen atoms in total. The first-order valence-corrected chi connectivity index (χ1v) is 21.9.